The molecule has 1 atom stereocenters. The minimum atomic E-state index is -0.747. The van der Waals surface area contributed by atoms with E-state index >= 15 is 0 Å². The number of urea groups is 1. The van der Waals surface area contributed by atoms with E-state index in [1.807, 2.05) is 13.0 Å². The van der Waals surface area contributed by atoms with Crippen molar-refractivity contribution in [1.82, 2.24) is 15.2 Å². The maximum absolute atomic E-state index is 13.0. The van der Waals surface area contributed by atoms with Crippen LogP contribution in [0.15, 0.2) is 30.6 Å². The van der Waals surface area contributed by atoms with Gasteiger partial charge in [0.25, 0.3) is 5.91 Å². The van der Waals surface area contributed by atoms with Gasteiger partial charge in [-0.3, -0.25) is 9.78 Å². The molecule has 0 aliphatic carbocycles. The van der Waals surface area contributed by atoms with Crippen LogP contribution in [0, 0.1) is 0 Å². The van der Waals surface area contributed by atoms with Crippen molar-refractivity contribution in [3.63, 3.8) is 0 Å². The molecule has 1 saturated heterocycles. The van der Waals surface area contributed by atoms with Crippen LogP contribution in [-0.2, 0) is 4.74 Å². The number of thiophene rings is 1. The van der Waals surface area contributed by atoms with Crippen molar-refractivity contribution in [1.29, 1.82) is 0 Å². The molecule has 9 nitrogen and oxygen atoms in total. The van der Waals surface area contributed by atoms with Crippen LogP contribution in [0.25, 0.3) is 10.4 Å². The van der Waals surface area contributed by atoms with Crippen LogP contribution in [0.5, 0.6) is 0 Å². The fraction of sp³-hybridized carbons (Fsp3) is 0.429. The molecular formula is C21H27N5O4S. The van der Waals surface area contributed by atoms with E-state index in [4.69, 9.17) is 10.5 Å². The third-order valence-corrected chi connectivity index (χ3v) is 6.06. The number of rotatable bonds is 7. The molecule has 3 heterocycles. The van der Waals surface area contributed by atoms with Gasteiger partial charge in [-0.05, 0) is 31.4 Å². The molecule has 1 aliphatic rings. The van der Waals surface area contributed by atoms with Gasteiger partial charge in [-0.1, -0.05) is 19.4 Å². The van der Waals surface area contributed by atoms with Crippen molar-refractivity contribution in [2.75, 3.05) is 25.0 Å². The molecule has 166 valence electrons. The topological polar surface area (TPSA) is 127 Å². The first-order valence-corrected chi connectivity index (χ1v) is 11.1. The number of nitrogens with one attached hydrogen (secondary N) is 2. The van der Waals surface area contributed by atoms with Crippen LogP contribution >= 0.6 is 11.3 Å². The molecule has 0 radical (unpaired) electrons. The zero-order valence-corrected chi connectivity index (χ0v) is 18.2. The van der Waals surface area contributed by atoms with E-state index in [2.05, 4.69) is 15.6 Å². The number of hydrogen-bond acceptors (Lipinski definition) is 6. The lowest BCUT2D eigenvalue weighted by atomic mass is 10.1. The summed E-state index contributed by atoms with van der Waals surface area (Å²) < 4.78 is 5.28. The Kier molecular flexibility index (Phi) is 7.82. The van der Waals surface area contributed by atoms with Crippen molar-refractivity contribution in [2.24, 2.45) is 5.73 Å². The van der Waals surface area contributed by atoms with Crippen molar-refractivity contribution in [2.45, 2.75) is 38.6 Å². The summed E-state index contributed by atoms with van der Waals surface area (Å²) in [6, 6.07) is 4.43. The molecule has 4 amide bonds. The molecule has 0 saturated carbocycles. The number of pyridine rings is 1. The molecule has 1 fully saturated rings. The minimum absolute atomic E-state index is 0.203. The molecule has 0 aromatic carbocycles. The molecule has 2 aromatic heterocycles. The Morgan fingerprint density at radius 2 is 2.23 bits per heavy atom. The third kappa shape index (κ3) is 6.17. The Bertz CT molecular complexity index is 918. The van der Waals surface area contributed by atoms with E-state index in [0.29, 0.717) is 30.3 Å². The Morgan fingerprint density at radius 3 is 2.94 bits per heavy atom. The molecule has 10 heteroatoms. The standard InChI is InChI=1S/C21H27N5O4S/c1-2-3-10-30-21(29)26-9-5-7-15(13-26)24-19(27)18-16(25-20(22)28)11-17(31-18)14-6-4-8-23-12-14/h4,6,8,11-12,15H,2-3,5,7,9-10,13H2,1H3,(H,24,27)(H3,22,25,28)/t15-/m0/s1. The van der Waals surface area contributed by atoms with Gasteiger partial charge in [-0.25, -0.2) is 9.59 Å². The van der Waals surface area contributed by atoms with Crippen LogP contribution < -0.4 is 16.4 Å². The number of nitrogens with zero attached hydrogens (tertiary/aromatic N) is 2. The highest BCUT2D eigenvalue weighted by molar-refractivity contribution is 7.18. The minimum Gasteiger partial charge on any atom is -0.449 e. The van der Waals surface area contributed by atoms with Gasteiger partial charge in [-0.15, -0.1) is 11.3 Å². The van der Waals surface area contributed by atoms with Crippen molar-refractivity contribution in [3.8, 4) is 10.4 Å². The SMILES string of the molecule is CCCCOC(=O)N1CCC[C@H](NC(=O)c2sc(-c3cccnc3)cc2NC(N)=O)C1. The molecule has 2 aromatic rings. The summed E-state index contributed by atoms with van der Waals surface area (Å²) in [6.07, 6.45) is 6.30. The van der Waals surface area contributed by atoms with Crippen LogP contribution in [-0.4, -0.2) is 53.7 Å². The number of anilines is 1. The summed E-state index contributed by atoms with van der Waals surface area (Å²) >= 11 is 1.24. The average Bonchev–Trinajstić information content (AvgIpc) is 3.18. The molecule has 0 unspecified atom stereocenters. The predicted octanol–water partition coefficient (Wildman–Crippen LogP) is 3.43. The quantitative estimate of drug-likeness (QED) is 0.563. The summed E-state index contributed by atoms with van der Waals surface area (Å²) in [6.45, 7) is 3.43. The summed E-state index contributed by atoms with van der Waals surface area (Å²) in [5, 5.41) is 5.50. The van der Waals surface area contributed by atoms with E-state index in [1.54, 1.807) is 29.4 Å². The summed E-state index contributed by atoms with van der Waals surface area (Å²) in [7, 11) is 0. The van der Waals surface area contributed by atoms with Crippen LogP contribution in [0.3, 0.4) is 0 Å². The van der Waals surface area contributed by atoms with E-state index in [0.717, 1.165) is 36.1 Å². The van der Waals surface area contributed by atoms with Gasteiger partial charge in [-0.2, -0.15) is 0 Å². The highest BCUT2D eigenvalue weighted by Gasteiger charge is 2.27. The number of carbonyl (C=O) groups excluding carboxylic acids is 3. The second-order valence-corrected chi connectivity index (χ2v) is 8.36. The normalized spacial score (nSPS) is 15.9. The number of primary amides is 1. The Labute approximate surface area is 185 Å². The van der Waals surface area contributed by atoms with Crippen molar-refractivity contribution >= 4 is 35.1 Å². The molecule has 0 bridgehead atoms. The van der Waals surface area contributed by atoms with Gasteiger partial charge in [0.2, 0.25) is 0 Å². The van der Waals surface area contributed by atoms with Crippen molar-refractivity contribution < 1.29 is 19.1 Å². The number of carbonyl (C=O) groups is 3. The number of hydrogen-bond donors (Lipinski definition) is 3. The van der Waals surface area contributed by atoms with E-state index in [9.17, 15) is 14.4 Å². The number of likely N-dealkylation sites (tertiary alicyclic amines) is 1. The molecule has 0 spiro atoms. The lowest BCUT2D eigenvalue weighted by Crippen LogP contribution is -2.49. The number of nitrogens with two attached hydrogens (primary N) is 1. The number of piperidine rings is 1. The molecule has 4 N–H and O–H groups in total. The van der Waals surface area contributed by atoms with Crippen LogP contribution in [0.1, 0.15) is 42.3 Å². The molecule has 31 heavy (non-hydrogen) atoms. The van der Waals surface area contributed by atoms with Gasteiger partial charge in [0.05, 0.1) is 12.3 Å². The monoisotopic (exact) mass is 445 g/mol. The number of ether oxygens (including phenoxy) is 1. The second kappa shape index (κ2) is 10.8. The third-order valence-electron chi connectivity index (χ3n) is 4.88. The molecule has 3 rings (SSSR count). The average molecular weight is 446 g/mol. The predicted molar refractivity (Wildman–Crippen MR) is 119 cm³/mol. The fourth-order valence-corrected chi connectivity index (χ4v) is 4.35. The highest BCUT2D eigenvalue weighted by atomic mass is 32.1. The maximum atomic E-state index is 13.0. The smallest absolute Gasteiger partial charge is 0.409 e. The van der Waals surface area contributed by atoms with Gasteiger partial charge in [0.1, 0.15) is 4.88 Å². The van der Waals surface area contributed by atoms with Gasteiger partial charge < -0.3 is 26.0 Å². The Hall–Kier alpha value is -3.14. The maximum Gasteiger partial charge on any atom is 0.409 e. The van der Waals surface area contributed by atoms with Crippen molar-refractivity contribution in [3.05, 3.63) is 35.5 Å². The van der Waals surface area contributed by atoms with E-state index < -0.39 is 6.03 Å². The Morgan fingerprint density at radius 1 is 1.39 bits per heavy atom. The second-order valence-electron chi connectivity index (χ2n) is 7.31. The van der Waals surface area contributed by atoms with Crippen LogP contribution in [0.4, 0.5) is 15.3 Å². The highest BCUT2D eigenvalue weighted by Crippen LogP contribution is 2.34. The summed E-state index contributed by atoms with van der Waals surface area (Å²) in [5.74, 6) is -0.324. The lowest BCUT2D eigenvalue weighted by molar-refractivity contribution is 0.0798. The van der Waals surface area contributed by atoms with Gasteiger partial charge in [0.15, 0.2) is 0 Å². The van der Waals surface area contributed by atoms with Gasteiger partial charge >= 0.3 is 12.1 Å². The fourth-order valence-electron chi connectivity index (χ4n) is 3.34. The Balaban J connectivity index is 1.69. The zero-order chi connectivity index (χ0) is 22.2. The molecule has 1 aliphatic heterocycles. The van der Waals surface area contributed by atoms with Crippen LogP contribution in [0.2, 0.25) is 0 Å². The lowest BCUT2D eigenvalue weighted by Gasteiger charge is -2.32. The number of amides is 4. The van der Waals surface area contributed by atoms with E-state index in [-0.39, 0.29) is 18.0 Å². The first-order chi connectivity index (χ1) is 15.0. The number of unbranched alkanes of at least 4 members (excludes halogenated alkanes) is 1. The van der Waals surface area contributed by atoms with E-state index in [1.165, 1.54) is 11.3 Å². The first-order valence-electron chi connectivity index (χ1n) is 10.3. The first kappa shape index (κ1) is 22.5. The summed E-state index contributed by atoms with van der Waals surface area (Å²) in [4.78, 5) is 43.5. The largest absolute Gasteiger partial charge is 0.449 e. The van der Waals surface area contributed by atoms with Gasteiger partial charge in [0, 0.05) is 42.0 Å². The zero-order valence-electron chi connectivity index (χ0n) is 17.4. The number of aromatic nitrogens is 1. The molecular weight excluding hydrogens is 418 g/mol. The summed E-state index contributed by atoms with van der Waals surface area (Å²) in [5.41, 5.74) is 6.46.